The first-order valence-electron chi connectivity index (χ1n) is 8.82. The molecule has 1 fully saturated rings. The molecule has 4 rings (SSSR count). The van der Waals surface area contributed by atoms with E-state index in [1.54, 1.807) is 0 Å². The number of carbonyl (C=O) groups excluding carboxylic acids is 1. The van der Waals surface area contributed by atoms with E-state index in [4.69, 9.17) is 0 Å². The Hall–Kier alpha value is -2.14. The standard InChI is InChI=1S/C19H23N3O2/c23-14-10-13(11-14)17(12-6-2-1-3-7-12)20-19(24)18-15-8-4-5-9-16(15)21-22-18/h1-3,6-7,13-14,17,23H,4-5,8-11H2,(H,20,24)(H,21,22)/t13?,14?,17-/m1/s1. The summed E-state index contributed by atoms with van der Waals surface area (Å²) < 4.78 is 0. The summed E-state index contributed by atoms with van der Waals surface area (Å²) in [5.74, 6) is 0.172. The van der Waals surface area contributed by atoms with E-state index in [1.165, 1.54) is 0 Å². The lowest BCUT2D eigenvalue weighted by Gasteiger charge is -2.38. The average molecular weight is 325 g/mol. The Labute approximate surface area is 141 Å². The molecule has 0 aliphatic heterocycles. The van der Waals surface area contributed by atoms with Crippen LogP contribution in [-0.4, -0.2) is 27.3 Å². The number of nitrogens with zero attached hydrogens (tertiary/aromatic N) is 1. The maximum absolute atomic E-state index is 12.8. The third-order valence-corrected chi connectivity index (χ3v) is 5.34. The molecule has 1 aromatic heterocycles. The highest BCUT2D eigenvalue weighted by atomic mass is 16.3. The first-order chi connectivity index (χ1) is 11.7. The lowest BCUT2D eigenvalue weighted by Crippen LogP contribution is -2.41. The Morgan fingerprint density at radius 1 is 1.21 bits per heavy atom. The molecule has 0 unspecified atom stereocenters. The van der Waals surface area contributed by atoms with Crippen molar-refractivity contribution in [2.45, 2.75) is 50.7 Å². The molecule has 0 radical (unpaired) electrons. The predicted molar refractivity (Wildman–Crippen MR) is 90.6 cm³/mol. The molecular weight excluding hydrogens is 302 g/mol. The molecule has 0 bridgehead atoms. The van der Waals surface area contributed by atoms with Crippen molar-refractivity contribution in [1.82, 2.24) is 15.5 Å². The van der Waals surface area contributed by atoms with Crippen LogP contribution in [0.2, 0.25) is 0 Å². The van der Waals surface area contributed by atoms with Gasteiger partial charge >= 0.3 is 0 Å². The van der Waals surface area contributed by atoms with E-state index in [9.17, 15) is 9.90 Å². The summed E-state index contributed by atoms with van der Waals surface area (Å²) >= 11 is 0. The molecule has 1 amide bonds. The van der Waals surface area contributed by atoms with Crippen molar-refractivity contribution in [2.24, 2.45) is 5.92 Å². The molecule has 3 N–H and O–H groups in total. The number of aryl methyl sites for hydroxylation is 1. The summed E-state index contributed by atoms with van der Waals surface area (Å²) in [5, 5.41) is 20.1. The number of aliphatic hydroxyl groups is 1. The number of hydrogen-bond donors (Lipinski definition) is 3. The fourth-order valence-corrected chi connectivity index (χ4v) is 3.91. The zero-order chi connectivity index (χ0) is 16.5. The third kappa shape index (κ3) is 2.84. The predicted octanol–water partition coefficient (Wildman–Crippen LogP) is 2.53. The van der Waals surface area contributed by atoms with Gasteiger partial charge in [0.2, 0.25) is 0 Å². The van der Waals surface area contributed by atoms with Crippen LogP contribution in [0.4, 0.5) is 0 Å². The van der Waals surface area contributed by atoms with Crippen molar-refractivity contribution in [3.8, 4) is 0 Å². The SMILES string of the molecule is O=C(N[C@H](c1ccccc1)C1CC(O)C1)c1n[nH]c2c1CCCC2. The summed E-state index contributed by atoms with van der Waals surface area (Å²) in [6.07, 6.45) is 5.40. The van der Waals surface area contributed by atoms with Gasteiger partial charge in [0.15, 0.2) is 5.69 Å². The van der Waals surface area contributed by atoms with Gasteiger partial charge in [0.1, 0.15) is 0 Å². The van der Waals surface area contributed by atoms with Gasteiger partial charge < -0.3 is 10.4 Å². The van der Waals surface area contributed by atoms with E-state index >= 15 is 0 Å². The van der Waals surface area contributed by atoms with Gasteiger partial charge in [0, 0.05) is 11.3 Å². The topological polar surface area (TPSA) is 78.0 Å². The van der Waals surface area contributed by atoms with Gasteiger partial charge in [0.25, 0.3) is 5.91 Å². The molecule has 1 saturated carbocycles. The number of nitrogens with one attached hydrogen (secondary N) is 2. The Balaban J connectivity index is 1.56. The number of fused-ring (bicyclic) bond motifs is 1. The molecule has 1 atom stereocenters. The number of aromatic amines is 1. The van der Waals surface area contributed by atoms with Crippen LogP contribution >= 0.6 is 0 Å². The van der Waals surface area contributed by atoms with Crippen molar-refractivity contribution in [1.29, 1.82) is 0 Å². The molecule has 1 heterocycles. The van der Waals surface area contributed by atoms with Crippen LogP contribution in [0.5, 0.6) is 0 Å². The number of carbonyl (C=O) groups is 1. The van der Waals surface area contributed by atoms with Crippen molar-refractivity contribution in [3.05, 3.63) is 52.8 Å². The number of aliphatic hydroxyl groups excluding tert-OH is 1. The average Bonchev–Trinajstić information content (AvgIpc) is 3.02. The van der Waals surface area contributed by atoms with E-state index in [-0.39, 0.29) is 24.0 Å². The minimum absolute atomic E-state index is 0.0713. The molecular formula is C19H23N3O2. The van der Waals surface area contributed by atoms with Crippen LogP contribution in [0.3, 0.4) is 0 Å². The molecule has 2 aliphatic rings. The van der Waals surface area contributed by atoms with E-state index in [0.29, 0.717) is 5.69 Å². The van der Waals surface area contributed by atoms with Gasteiger partial charge in [-0.1, -0.05) is 30.3 Å². The number of hydrogen-bond acceptors (Lipinski definition) is 3. The number of benzene rings is 1. The fourth-order valence-electron chi connectivity index (χ4n) is 3.91. The van der Waals surface area contributed by atoms with Crippen LogP contribution in [0.1, 0.15) is 59.0 Å². The molecule has 24 heavy (non-hydrogen) atoms. The zero-order valence-electron chi connectivity index (χ0n) is 13.7. The lowest BCUT2D eigenvalue weighted by molar-refractivity contribution is 0.0234. The maximum Gasteiger partial charge on any atom is 0.272 e. The second-order valence-corrected chi connectivity index (χ2v) is 6.98. The summed E-state index contributed by atoms with van der Waals surface area (Å²) in [7, 11) is 0. The summed E-state index contributed by atoms with van der Waals surface area (Å²) in [4.78, 5) is 12.8. The highest BCUT2D eigenvalue weighted by Gasteiger charge is 2.36. The van der Waals surface area contributed by atoms with E-state index < -0.39 is 0 Å². The number of H-pyrrole nitrogens is 1. The third-order valence-electron chi connectivity index (χ3n) is 5.34. The first-order valence-corrected chi connectivity index (χ1v) is 8.82. The molecule has 0 saturated heterocycles. The summed E-state index contributed by atoms with van der Waals surface area (Å²) in [6, 6.07) is 9.95. The van der Waals surface area contributed by atoms with Gasteiger partial charge in [-0.15, -0.1) is 0 Å². The van der Waals surface area contributed by atoms with Gasteiger partial charge in [-0.2, -0.15) is 5.10 Å². The van der Waals surface area contributed by atoms with Crippen LogP contribution in [-0.2, 0) is 12.8 Å². The lowest BCUT2D eigenvalue weighted by atomic mass is 9.75. The molecule has 0 spiro atoms. The molecule has 2 aliphatic carbocycles. The van der Waals surface area contributed by atoms with Crippen molar-refractivity contribution >= 4 is 5.91 Å². The molecule has 5 heteroatoms. The summed E-state index contributed by atoms with van der Waals surface area (Å²) in [6.45, 7) is 0. The number of amides is 1. The van der Waals surface area contributed by atoms with Gasteiger partial charge in [-0.3, -0.25) is 9.89 Å². The zero-order valence-corrected chi connectivity index (χ0v) is 13.7. The van der Waals surface area contributed by atoms with Gasteiger partial charge in [-0.05, 0) is 50.0 Å². The Morgan fingerprint density at radius 3 is 2.71 bits per heavy atom. The normalized spacial score (nSPS) is 23.9. The Bertz CT molecular complexity index is 719. The largest absolute Gasteiger partial charge is 0.393 e. The van der Waals surface area contributed by atoms with Crippen LogP contribution in [0.25, 0.3) is 0 Å². The van der Waals surface area contributed by atoms with E-state index in [1.807, 2.05) is 30.3 Å². The molecule has 5 nitrogen and oxygen atoms in total. The molecule has 2 aromatic rings. The Morgan fingerprint density at radius 2 is 1.96 bits per heavy atom. The van der Waals surface area contributed by atoms with E-state index in [2.05, 4.69) is 15.5 Å². The molecule has 126 valence electrons. The minimum Gasteiger partial charge on any atom is -0.393 e. The quantitative estimate of drug-likeness (QED) is 0.808. The maximum atomic E-state index is 12.8. The monoisotopic (exact) mass is 325 g/mol. The van der Waals surface area contributed by atoms with Crippen molar-refractivity contribution < 1.29 is 9.90 Å². The summed E-state index contributed by atoms with van der Waals surface area (Å²) in [5.41, 5.74) is 3.83. The van der Waals surface area contributed by atoms with Gasteiger partial charge in [0.05, 0.1) is 12.1 Å². The second-order valence-electron chi connectivity index (χ2n) is 6.98. The van der Waals surface area contributed by atoms with Crippen LogP contribution < -0.4 is 5.32 Å². The van der Waals surface area contributed by atoms with Crippen LogP contribution in [0, 0.1) is 5.92 Å². The minimum atomic E-state index is -0.240. The molecule has 1 aromatic carbocycles. The Kier molecular flexibility index (Phi) is 4.10. The fraction of sp³-hybridized carbons (Fsp3) is 0.474. The highest BCUT2D eigenvalue weighted by Crippen LogP contribution is 2.38. The number of aromatic nitrogens is 2. The first kappa shape index (κ1) is 15.4. The number of rotatable bonds is 4. The van der Waals surface area contributed by atoms with Crippen molar-refractivity contribution in [2.75, 3.05) is 0 Å². The van der Waals surface area contributed by atoms with Crippen LogP contribution in [0.15, 0.2) is 30.3 Å². The second kappa shape index (κ2) is 6.40. The van der Waals surface area contributed by atoms with Gasteiger partial charge in [-0.25, -0.2) is 0 Å². The highest BCUT2D eigenvalue weighted by molar-refractivity contribution is 5.94. The van der Waals surface area contributed by atoms with Crippen molar-refractivity contribution in [3.63, 3.8) is 0 Å². The van der Waals surface area contributed by atoms with E-state index in [0.717, 1.165) is 55.3 Å². The smallest absolute Gasteiger partial charge is 0.272 e.